The van der Waals surface area contributed by atoms with Gasteiger partial charge >= 0.3 is 0 Å². The van der Waals surface area contributed by atoms with Gasteiger partial charge in [0.1, 0.15) is 5.76 Å². The lowest BCUT2D eigenvalue weighted by molar-refractivity contribution is 0.0913. The van der Waals surface area contributed by atoms with E-state index in [2.05, 4.69) is 15.5 Å². The van der Waals surface area contributed by atoms with Crippen molar-refractivity contribution < 1.29 is 19.2 Å². The Bertz CT molecular complexity index is 671. The van der Waals surface area contributed by atoms with Crippen LogP contribution < -0.4 is 5.32 Å². The molecule has 3 rings (SSSR count). The summed E-state index contributed by atoms with van der Waals surface area (Å²) in [6, 6.07) is 3.82. The Balaban J connectivity index is 1.67. The number of nitrogens with one attached hydrogen (secondary N) is 1. The van der Waals surface area contributed by atoms with Crippen molar-refractivity contribution in [2.24, 2.45) is 5.92 Å². The van der Waals surface area contributed by atoms with Gasteiger partial charge in [-0.3, -0.25) is 9.78 Å². The molecule has 0 radical (unpaired) electrons. The predicted molar refractivity (Wildman–Crippen MR) is 80.7 cm³/mol. The maximum atomic E-state index is 12.4. The smallest absolute Gasteiger partial charge is 0.274 e. The lowest BCUT2D eigenvalue weighted by Gasteiger charge is -2.18. The SMILES string of the molecule is Cc1onc(C(=O)N[C@@H]2COC[C@H]2Cc2ccncc2)c1CO. The number of pyridine rings is 1. The molecule has 1 aliphatic rings. The van der Waals surface area contributed by atoms with E-state index in [1.807, 2.05) is 12.1 Å². The molecule has 1 amide bonds. The number of aromatic nitrogens is 2. The van der Waals surface area contributed by atoms with Crippen LogP contribution in [-0.2, 0) is 17.8 Å². The van der Waals surface area contributed by atoms with Gasteiger partial charge in [0, 0.05) is 18.3 Å². The second kappa shape index (κ2) is 6.89. The first kappa shape index (κ1) is 15.6. The number of nitrogens with zero attached hydrogens (tertiary/aromatic N) is 2. The maximum Gasteiger partial charge on any atom is 0.274 e. The zero-order valence-electron chi connectivity index (χ0n) is 12.9. The molecule has 3 heterocycles. The summed E-state index contributed by atoms with van der Waals surface area (Å²) in [4.78, 5) is 16.4. The van der Waals surface area contributed by atoms with Crippen LogP contribution in [0.25, 0.3) is 0 Å². The Morgan fingerprint density at radius 3 is 2.91 bits per heavy atom. The fourth-order valence-electron chi connectivity index (χ4n) is 2.77. The zero-order chi connectivity index (χ0) is 16.2. The number of hydrogen-bond acceptors (Lipinski definition) is 6. The Labute approximate surface area is 133 Å². The highest BCUT2D eigenvalue weighted by atomic mass is 16.5. The van der Waals surface area contributed by atoms with Crippen LogP contribution in [0.15, 0.2) is 29.0 Å². The van der Waals surface area contributed by atoms with Crippen molar-refractivity contribution >= 4 is 5.91 Å². The van der Waals surface area contributed by atoms with Crippen LogP contribution in [0.5, 0.6) is 0 Å². The van der Waals surface area contributed by atoms with Crippen molar-refractivity contribution in [1.82, 2.24) is 15.5 Å². The van der Waals surface area contributed by atoms with E-state index >= 15 is 0 Å². The number of aliphatic hydroxyl groups is 1. The number of hydrogen-bond donors (Lipinski definition) is 2. The van der Waals surface area contributed by atoms with Gasteiger partial charge in [0.05, 0.1) is 31.4 Å². The van der Waals surface area contributed by atoms with Crippen molar-refractivity contribution in [3.63, 3.8) is 0 Å². The second-order valence-electron chi connectivity index (χ2n) is 5.66. The lowest BCUT2D eigenvalue weighted by Crippen LogP contribution is -2.41. The standard InChI is InChI=1S/C16H19N3O4/c1-10-13(7-20)15(19-23-10)16(21)18-14-9-22-8-12(14)6-11-2-4-17-5-3-11/h2-5,12,14,20H,6-9H2,1H3,(H,18,21)/t12-,14-/m1/s1. The molecule has 0 aliphatic carbocycles. The number of carbonyl (C=O) groups is 1. The van der Waals surface area contributed by atoms with E-state index in [0.717, 1.165) is 12.0 Å². The van der Waals surface area contributed by atoms with E-state index in [9.17, 15) is 9.90 Å². The van der Waals surface area contributed by atoms with E-state index < -0.39 is 0 Å². The molecule has 7 heteroatoms. The van der Waals surface area contributed by atoms with Crippen LogP contribution in [0.4, 0.5) is 0 Å². The Morgan fingerprint density at radius 1 is 1.39 bits per heavy atom. The quantitative estimate of drug-likeness (QED) is 0.849. The molecule has 0 bridgehead atoms. The van der Waals surface area contributed by atoms with Gasteiger partial charge in [-0.1, -0.05) is 5.16 Å². The number of ether oxygens (including phenoxy) is 1. The minimum atomic E-state index is -0.346. The van der Waals surface area contributed by atoms with Crippen LogP contribution in [0.3, 0.4) is 0 Å². The molecule has 1 aliphatic heterocycles. The number of carbonyl (C=O) groups excluding carboxylic acids is 1. The van der Waals surface area contributed by atoms with E-state index in [1.165, 1.54) is 0 Å². The highest BCUT2D eigenvalue weighted by molar-refractivity contribution is 5.94. The predicted octanol–water partition coefficient (Wildman–Crippen LogP) is 0.858. The molecule has 2 atom stereocenters. The van der Waals surface area contributed by atoms with Crippen LogP contribution in [0.2, 0.25) is 0 Å². The molecule has 1 fully saturated rings. The van der Waals surface area contributed by atoms with Crippen molar-refractivity contribution in [1.29, 1.82) is 0 Å². The summed E-state index contributed by atoms with van der Waals surface area (Å²) >= 11 is 0. The summed E-state index contributed by atoms with van der Waals surface area (Å²) in [5.41, 5.74) is 1.72. The molecule has 2 aromatic heterocycles. The molecule has 122 valence electrons. The van der Waals surface area contributed by atoms with Crippen molar-refractivity contribution in [3.05, 3.63) is 47.1 Å². The highest BCUT2D eigenvalue weighted by Crippen LogP contribution is 2.20. The molecule has 2 N–H and O–H groups in total. The van der Waals surface area contributed by atoms with E-state index in [1.54, 1.807) is 19.3 Å². The number of aliphatic hydroxyl groups excluding tert-OH is 1. The van der Waals surface area contributed by atoms with Crippen molar-refractivity contribution in [3.8, 4) is 0 Å². The highest BCUT2D eigenvalue weighted by Gasteiger charge is 2.31. The Hall–Kier alpha value is -2.25. The Kier molecular flexibility index (Phi) is 4.68. The van der Waals surface area contributed by atoms with E-state index in [4.69, 9.17) is 9.26 Å². The van der Waals surface area contributed by atoms with Crippen LogP contribution in [-0.4, -0.2) is 40.4 Å². The fourth-order valence-corrected chi connectivity index (χ4v) is 2.77. The monoisotopic (exact) mass is 317 g/mol. The van der Waals surface area contributed by atoms with Gasteiger partial charge in [-0.2, -0.15) is 0 Å². The van der Waals surface area contributed by atoms with Gasteiger partial charge in [0.25, 0.3) is 5.91 Å². The van der Waals surface area contributed by atoms with Gasteiger partial charge < -0.3 is 19.7 Å². The van der Waals surface area contributed by atoms with Gasteiger partial charge in [0.15, 0.2) is 5.69 Å². The molecule has 7 nitrogen and oxygen atoms in total. The number of amides is 1. The van der Waals surface area contributed by atoms with Gasteiger partial charge in [-0.05, 0) is 31.0 Å². The average molecular weight is 317 g/mol. The van der Waals surface area contributed by atoms with E-state index in [-0.39, 0.29) is 30.2 Å². The molecule has 2 aromatic rings. The third-order valence-corrected chi connectivity index (χ3v) is 4.12. The third kappa shape index (κ3) is 3.40. The summed E-state index contributed by atoms with van der Waals surface area (Å²) in [7, 11) is 0. The van der Waals surface area contributed by atoms with E-state index in [0.29, 0.717) is 24.5 Å². The minimum Gasteiger partial charge on any atom is -0.391 e. The first-order valence-corrected chi connectivity index (χ1v) is 7.52. The first-order chi connectivity index (χ1) is 11.2. The summed E-state index contributed by atoms with van der Waals surface area (Å²) in [6.45, 7) is 2.45. The lowest BCUT2D eigenvalue weighted by atomic mass is 9.95. The topological polar surface area (TPSA) is 97.5 Å². The fraction of sp³-hybridized carbons (Fsp3) is 0.438. The maximum absolute atomic E-state index is 12.4. The van der Waals surface area contributed by atoms with Crippen LogP contribution in [0, 0.1) is 12.8 Å². The summed E-state index contributed by atoms with van der Waals surface area (Å²) in [5, 5.41) is 16.0. The van der Waals surface area contributed by atoms with Gasteiger partial charge in [-0.25, -0.2) is 0 Å². The van der Waals surface area contributed by atoms with Crippen molar-refractivity contribution in [2.45, 2.75) is 26.0 Å². The number of aryl methyl sites for hydroxylation is 1. The Morgan fingerprint density at radius 2 is 2.17 bits per heavy atom. The van der Waals surface area contributed by atoms with Crippen LogP contribution in [0.1, 0.15) is 27.4 Å². The first-order valence-electron chi connectivity index (χ1n) is 7.52. The summed E-state index contributed by atoms with van der Waals surface area (Å²) < 4.78 is 10.5. The normalized spacial score (nSPS) is 20.6. The number of rotatable bonds is 5. The van der Waals surface area contributed by atoms with Gasteiger partial charge in [0.2, 0.25) is 0 Å². The zero-order valence-corrected chi connectivity index (χ0v) is 12.9. The summed E-state index contributed by atoms with van der Waals surface area (Å²) in [5.74, 6) is 0.293. The minimum absolute atomic E-state index is 0.0979. The largest absolute Gasteiger partial charge is 0.391 e. The third-order valence-electron chi connectivity index (χ3n) is 4.12. The molecule has 0 aromatic carbocycles. The molecule has 0 spiro atoms. The molecule has 1 saturated heterocycles. The second-order valence-corrected chi connectivity index (χ2v) is 5.66. The molecular formula is C16H19N3O4. The molecular weight excluding hydrogens is 298 g/mol. The molecule has 0 saturated carbocycles. The van der Waals surface area contributed by atoms with Crippen LogP contribution >= 0.6 is 0 Å². The van der Waals surface area contributed by atoms with Gasteiger partial charge in [-0.15, -0.1) is 0 Å². The molecule has 0 unspecified atom stereocenters. The average Bonchev–Trinajstić information content (AvgIpc) is 3.15. The van der Waals surface area contributed by atoms with Crippen molar-refractivity contribution in [2.75, 3.05) is 13.2 Å². The molecule has 23 heavy (non-hydrogen) atoms. The summed E-state index contributed by atoms with van der Waals surface area (Å²) in [6.07, 6.45) is 4.31.